The van der Waals surface area contributed by atoms with Crippen molar-refractivity contribution in [3.8, 4) is 0 Å². The number of hydrogen-bond acceptors (Lipinski definition) is 4. The molecule has 0 amide bonds. The quantitative estimate of drug-likeness (QED) is 0.861. The van der Waals surface area contributed by atoms with Gasteiger partial charge in [-0.05, 0) is 26.1 Å². The van der Waals surface area contributed by atoms with Crippen molar-refractivity contribution < 1.29 is 0 Å². The molecule has 1 fully saturated rings. The summed E-state index contributed by atoms with van der Waals surface area (Å²) in [5.74, 6) is 2.32. The maximum absolute atomic E-state index is 5.37. The number of anilines is 1. The largest absolute Gasteiger partial charge is 0.363 e. The van der Waals surface area contributed by atoms with Gasteiger partial charge in [0.25, 0.3) is 0 Å². The average molecular weight is 307 g/mol. The highest BCUT2D eigenvalue weighted by molar-refractivity contribution is 7.80. The Labute approximate surface area is 132 Å². The van der Waals surface area contributed by atoms with Crippen LogP contribution in [0.25, 0.3) is 0 Å². The fourth-order valence-corrected chi connectivity index (χ4v) is 2.72. The van der Waals surface area contributed by atoms with Crippen LogP contribution in [0, 0.1) is 6.92 Å². The van der Waals surface area contributed by atoms with Crippen LogP contribution in [0.1, 0.15) is 38.2 Å². The molecule has 1 saturated heterocycles. The Morgan fingerprint density at radius 2 is 1.95 bits per heavy atom. The third kappa shape index (κ3) is 4.03. The molecule has 1 aliphatic heterocycles. The SMILES string of the molecule is CCNC(=S)N1CCN(c2cc(C)nc(C(C)C)n2)CC1. The van der Waals surface area contributed by atoms with E-state index >= 15 is 0 Å². The van der Waals surface area contributed by atoms with E-state index in [1.165, 1.54) is 0 Å². The van der Waals surface area contributed by atoms with Gasteiger partial charge in [-0.3, -0.25) is 0 Å². The van der Waals surface area contributed by atoms with E-state index in [9.17, 15) is 0 Å². The minimum atomic E-state index is 0.353. The highest BCUT2D eigenvalue weighted by Gasteiger charge is 2.20. The molecule has 0 aromatic carbocycles. The lowest BCUT2D eigenvalue weighted by Gasteiger charge is -2.37. The van der Waals surface area contributed by atoms with E-state index in [-0.39, 0.29) is 0 Å². The number of rotatable bonds is 3. The van der Waals surface area contributed by atoms with Gasteiger partial charge >= 0.3 is 0 Å². The topological polar surface area (TPSA) is 44.3 Å². The van der Waals surface area contributed by atoms with Gasteiger partial charge in [0.1, 0.15) is 11.6 Å². The third-order valence-electron chi connectivity index (χ3n) is 3.59. The molecule has 0 aliphatic carbocycles. The number of thiocarbonyl (C=S) groups is 1. The number of aryl methyl sites for hydroxylation is 1. The van der Waals surface area contributed by atoms with Crippen LogP contribution in [-0.4, -0.2) is 52.7 Å². The van der Waals surface area contributed by atoms with Gasteiger partial charge in [-0.1, -0.05) is 13.8 Å². The molecule has 6 heteroatoms. The molecular formula is C15H25N5S. The monoisotopic (exact) mass is 307 g/mol. The van der Waals surface area contributed by atoms with Crippen molar-refractivity contribution in [3.63, 3.8) is 0 Å². The van der Waals surface area contributed by atoms with Gasteiger partial charge in [-0.15, -0.1) is 0 Å². The van der Waals surface area contributed by atoms with Crippen LogP contribution in [0.5, 0.6) is 0 Å². The minimum Gasteiger partial charge on any atom is -0.363 e. The Hall–Kier alpha value is -1.43. The van der Waals surface area contributed by atoms with Crippen molar-refractivity contribution in [2.24, 2.45) is 0 Å². The molecule has 0 atom stereocenters. The van der Waals surface area contributed by atoms with Crippen LogP contribution in [0.2, 0.25) is 0 Å². The maximum atomic E-state index is 5.37. The Bertz CT molecular complexity index is 495. The first kappa shape index (κ1) is 15.9. The van der Waals surface area contributed by atoms with Gasteiger partial charge < -0.3 is 15.1 Å². The van der Waals surface area contributed by atoms with E-state index < -0.39 is 0 Å². The van der Waals surface area contributed by atoms with Crippen molar-refractivity contribution in [1.82, 2.24) is 20.2 Å². The molecule has 21 heavy (non-hydrogen) atoms. The van der Waals surface area contributed by atoms with E-state index in [4.69, 9.17) is 17.2 Å². The van der Waals surface area contributed by atoms with Crippen molar-refractivity contribution >= 4 is 23.1 Å². The van der Waals surface area contributed by atoms with E-state index in [2.05, 4.69) is 46.9 Å². The Balaban J connectivity index is 2.03. The summed E-state index contributed by atoms with van der Waals surface area (Å²) in [5.41, 5.74) is 1.04. The summed E-state index contributed by atoms with van der Waals surface area (Å²) in [5, 5.41) is 4.08. The van der Waals surface area contributed by atoms with E-state index in [0.717, 1.165) is 55.2 Å². The second kappa shape index (κ2) is 7.02. The molecule has 0 spiro atoms. The zero-order chi connectivity index (χ0) is 15.4. The second-order valence-electron chi connectivity index (χ2n) is 5.69. The first-order valence-electron chi connectivity index (χ1n) is 7.64. The number of nitrogens with one attached hydrogen (secondary N) is 1. The van der Waals surface area contributed by atoms with Crippen LogP contribution in [-0.2, 0) is 0 Å². The first-order chi connectivity index (χ1) is 10.0. The smallest absolute Gasteiger partial charge is 0.169 e. The fraction of sp³-hybridized carbons (Fsp3) is 0.667. The van der Waals surface area contributed by atoms with Gasteiger partial charge in [-0.25, -0.2) is 9.97 Å². The van der Waals surface area contributed by atoms with Crippen LogP contribution in [0.4, 0.5) is 5.82 Å². The van der Waals surface area contributed by atoms with Crippen molar-refractivity contribution in [1.29, 1.82) is 0 Å². The summed E-state index contributed by atoms with van der Waals surface area (Å²) in [6.07, 6.45) is 0. The summed E-state index contributed by atoms with van der Waals surface area (Å²) >= 11 is 5.37. The minimum absolute atomic E-state index is 0.353. The van der Waals surface area contributed by atoms with Crippen molar-refractivity contribution in [2.75, 3.05) is 37.6 Å². The Morgan fingerprint density at radius 3 is 2.52 bits per heavy atom. The standard InChI is InChI=1S/C15H25N5S/c1-5-16-15(21)20-8-6-19(7-9-20)13-10-12(4)17-14(18-13)11(2)3/h10-11H,5-9H2,1-4H3,(H,16,21). The molecule has 1 aromatic heterocycles. The van der Waals surface area contributed by atoms with Crippen molar-refractivity contribution in [3.05, 3.63) is 17.6 Å². The van der Waals surface area contributed by atoms with Gasteiger partial charge in [0.2, 0.25) is 0 Å². The number of nitrogens with zero attached hydrogens (tertiary/aromatic N) is 4. The maximum Gasteiger partial charge on any atom is 0.169 e. The molecule has 0 bridgehead atoms. The summed E-state index contributed by atoms with van der Waals surface area (Å²) in [4.78, 5) is 13.8. The predicted octanol–water partition coefficient (Wildman–Crippen LogP) is 1.92. The number of aromatic nitrogens is 2. The predicted molar refractivity (Wildman–Crippen MR) is 90.9 cm³/mol. The highest BCUT2D eigenvalue weighted by Crippen LogP contribution is 2.18. The average Bonchev–Trinajstić information content (AvgIpc) is 2.47. The molecule has 0 saturated carbocycles. The molecule has 2 heterocycles. The van der Waals surface area contributed by atoms with Gasteiger partial charge in [0.15, 0.2) is 5.11 Å². The number of piperazine rings is 1. The molecule has 5 nitrogen and oxygen atoms in total. The summed E-state index contributed by atoms with van der Waals surface area (Å²) in [7, 11) is 0. The van der Waals surface area contributed by atoms with E-state index in [1.54, 1.807) is 0 Å². The molecule has 0 unspecified atom stereocenters. The van der Waals surface area contributed by atoms with Gasteiger partial charge in [0, 0.05) is 50.4 Å². The molecule has 0 radical (unpaired) electrons. The molecule has 1 aliphatic rings. The lowest BCUT2D eigenvalue weighted by molar-refractivity contribution is 0.379. The van der Waals surface area contributed by atoms with Crippen LogP contribution in [0.3, 0.4) is 0 Å². The van der Waals surface area contributed by atoms with Crippen LogP contribution in [0.15, 0.2) is 6.07 Å². The third-order valence-corrected chi connectivity index (χ3v) is 4.00. The van der Waals surface area contributed by atoms with Crippen LogP contribution >= 0.6 is 12.2 Å². The van der Waals surface area contributed by atoms with E-state index in [0.29, 0.717) is 5.92 Å². The first-order valence-corrected chi connectivity index (χ1v) is 8.05. The summed E-state index contributed by atoms with van der Waals surface area (Å²) < 4.78 is 0. The van der Waals surface area contributed by atoms with Gasteiger partial charge in [-0.2, -0.15) is 0 Å². The van der Waals surface area contributed by atoms with Gasteiger partial charge in [0.05, 0.1) is 0 Å². The number of hydrogen-bond donors (Lipinski definition) is 1. The second-order valence-corrected chi connectivity index (χ2v) is 6.08. The van der Waals surface area contributed by atoms with Crippen molar-refractivity contribution in [2.45, 2.75) is 33.6 Å². The Morgan fingerprint density at radius 1 is 1.29 bits per heavy atom. The zero-order valence-electron chi connectivity index (χ0n) is 13.4. The van der Waals surface area contributed by atoms with Crippen LogP contribution < -0.4 is 10.2 Å². The summed E-state index contributed by atoms with van der Waals surface area (Å²) in [6, 6.07) is 2.07. The Kier molecular flexibility index (Phi) is 5.33. The lowest BCUT2D eigenvalue weighted by atomic mass is 10.2. The molecule has 2 rings (SSSR count). The fourth-order valence-electron chi connectivity index (χ4n) is 2.40. The summed E-state index contributed by atoms with van der Waals surface area (Å²) in [6.45, 7) is 13.0. The lowest BCUT2D eigenvalue weighted by Crippen LogP contribution is -2.52. The molecule has 116 valence electrons. The molecule has 1 aromatic rings. The molecule has 1 N–H and O–H groups in total. The van der Waals surface area contributed by atoms with E-state index in [1.807, 2.05) is 6.92 Å². The highest BCUT2D eigenvalue weighted by atomic mass is 32.1. The normalized spacial score (nSPS) is 15.5. The molecular weight excluding hydrogens is 282 g/mol. The zero-order valence-corrected chi connectivity index (χ0v) is 14.2.